The summed E-state index contributed by atoms with van der Waals surface area (Å²) in [5.41, 5.74) is 0.808. The lowest BCUT2D eigenvalue weighted by Gasteiger charge is -2.22. The molecule has 1 aromatic carbocycles. The number of hydrogen-bond donors (Lipinski definition) is 0. The van der Waals surface area contributed by atoms with Crippen LogP contribution in [0.25, 0.3) is 0 Å². The molecule has 0 spiro atoms. The summed E-state index contributed by atoms with van der Waals surface area (Å²) >= 11 is 3.42. The van der Waals surface area contributed by atoms with Crippen LogP contribution in [0.5, 0.6) is 0 Å². The molecular formula is C14H20BrNO2. The molecule has 0 atom stereocenters. The zero-order valence-electron chi connectivity index (χ0n) is 11.4. The summed E-state index contributed by atoms with van der Waals surface area (Å²) in [6.45, 7) is 6.53. The fraction of sp³-hybridized carbons (Fsp3) is 0.500. The standard InChI is InChI=1S/C14H20BrNO2/c1-14(2,3)18-10-13(17)16(4)9-11-6-5-7-12(15)8-11/h5-8H,9-10H2,1-4H3. The number of ether oxygens (including phenoxy) is 1. The van der Waals surface area contributed by atoms with Gasteiger partial charge < -0.3 is 9.64 Å². The van der Waals surface area contributed by atoms with Crippen LogP contribution in [0.15, 0.2) is 28.7 Å². The summed E-state index contributed by atoms with van der Waals surface area (Å²) < 4.78 is 6.49. The Morgan fingerprint density at radius 1 is 1.39 bits per heavy atom. The quantitative estimate of drug-likeness (QED) is 0.854. The molecule has 1 aromatic rings. The Hall–Kier alpha value is -0.870. The third-order valence-corrected chi connectivity index (χ3v) is 2.86. The second-order valence-corrected chi connectivity index (χ2v) is 6.20. The third kappa shape index (κ3) is 5.65. The Labute approximate surface area is 117 Å². The number of amides is 1. The van der Waals surface area contributed by atoms with E-state index in [1.54, 1.807) is 11.9 Å². The number of likely N-dealkylation sites (N-methyl/N-ethyl adjacent to an activating group) is 1. The lowest BCUT2D eigenvalue weighted by molar-refractivity contribution is -0.140. The molecule has 0 aliphatic rings. The van der Waals surface area contributed by atoms with Crippen molar-refractivity contribution in [2.75, 3.05) is 13.7 Å². The van der Waals surface area contributed by atoms with Crippen molar-refractivity contribution in [3.8, 4) is 0 Å². The lowest BCUT2D eigenvalue weighted by Crippen LogP contribution is -2.33. The maximum atomic E-state index is 11.9. The first-order chi connectivity index (χ1) is 8.28. The van der Waals surface area contributed by atoms with Crippen LogP contribution in [-0.4, -0.2) is 30.1 Å². The molecule has 0 saturated heterocycles. The molecule has 1 rings (SSSR count). The number of hydrogen-bond acceptors (Lipinski definition) is 2. The van der Waals surface area contributed by atoms with E-state index in [9.17, 15) is 4.79 Å². The Bertz CT molecular complexity index is 413. The molecule has 0 bridgehead atoms. The summed E-state index contributed by atoms with van der Waals surface area (Å²) in [5.74, 6) is -0.00935. The molecule has 0 radical (unpaired) electrons. The van der Waals surface area contributed by atoms with Crippen molar-refractivity contribution < 1.29 is 9.53 Å². The summed E-state index contributed by atoms with van der Waals surface area (Å²) in [7, 11) is 1.79. The maximum Gasteiger partial charge on any atom is 0.248 e. The van der Waals surface area contributed by atoms with Crippen LogP contribution in [0.3, 0.4) is 0 Å². The van der Waals surface area contributed by atoms with E-state index in [0.717, 1.165) is 10.0 Å². The molecule has 4 heteroatoms. The summed E-state index contributed by atoms with van der Waals surface area (Å²) in [4.78, 5) is 13.5. The second-order valence-electron chi connectivity index (χ2n) is 5.28. The number of carbonyl (C=O) groups is 1. The number of nitrogens with zero attached hydrogens (tertiary/aromatic N) is 1. The van der Waals surface area contributed by atoms with Gasteiger partial charge in [-0.2, -0.15) is 0 Å². The highest BCUT2D eigenvalue weighted by Gasteiger charge is 2.15. The second kappa shape index (κ2) is 6.34. The Morgan fingerprint density at radius 3 is 2.61 bits per heavy atom. The fourth-order valence-electron chi connectivity index (χ4n) is 1.39. The molecule has 0 heterocycles. The highest BCUT2D eigenvalue weighted by Crippen LogP contribution is 2.13. The van der Waals surface area contributed by atoms with Gasteiger partial charge >= 0.3 is 0 Å². The summed E-state index contributed by atoms with van der Waals surface area (Å²) in [6, 6.07) is 7.94. The van der Waals surface area contributed by atoms with Crippen molar-refractivity contribution in [3.05, 3.63) is 34.3 Å². The molecular weight excluding hydrogens is 294 g/mol. The minimum atomic E-state index is -0.285. The van der Waals surface area contributed by atoms with Gasteiger partial charge in [-0.1, -0.05) is 28.1 Å². The van der Waals surface area contributed by atoms with Crippen LogP contribution in [0.4, 0.5) is 0 Å². The van der Waals surface area contributed by atoms with E-state index in [-0.39, 0.29) is 18.1 Å². The number of carbonyl (C=O) groups excluding carboxylic acids is 1. The van der Waals surface area contributed by atoms with Crippen LogP contribution in [0, 0.1) is 0 Å². The van der Waals surface area contributed by atoms with Crippen LogP contribution in [0.2, 0.25) is 0 Å². The normalized spacial score (nSPS) is 11.4. The van der Waals surface area contributed by atoms with Gasteiger partial charge in [-0.05, 0) is 38.5 Å². The Kier molecular flexibility index (Phi) is 5.35. The lowest BCUT2D eigenvalue weighted by atomic mass is 10.2. The van der Waals surface area contributed by atoms with Crippen molar-refractivity contribution in [1.82, 2.24) is 4.90 Å². The molecule has 0 saturated carbocycles. The summed E-state index contributed by atoms with van der Waals surface area (Å²) in [5, 5.41) is 0. The third-order valence-electron chi connectivity index (χ3n) is 2.36. The SMILES string of the molecule is CN(Cc1cccc(Br)c1)C(=O)COC(C)(C)C. The first-order valence-corrected chi connectivity index (χ1v) is 6.69. The van der Waals surface area contributed by atoms with Gasteiger partial charge in [0.2, 0.25) is 5.91 Å². The van der Waals surface area contributed by atoms with E-state index in [0.29, 0.717) is 6.54 Å². The van der Waals surface area contributed by atoms with Crippen LogP contribution in [0.1, 0.15) is 26.3 Å². The molecule has 0 aromatic heterocycles. The number of halogens is 1. The van der Waals surface area contributed by atoms with E-state index in [4.69, 9.17) is 4.74 Å². The fourth-order valence-corrected chi connectivity index (χ4v) is 1.83. The van der Waals surface area contributed by atoms with Crippen LogP contribution >= 0.6 is 15.9 Å². The Balaban J connectivity index is 2.50. The van der Waals surface area contributed by atoms with Gasteiger partial charge in [0.25, 0.3) is 0 Å². The molecule has 0 aliphatic heterocycles. The van der Waals surface area contributed by atoms with Crippen molar-refractivity contribution in [2.24, 2.45) is 0 Å². The number of rotatable bonds is 4. The molecule has 0 fully saturated rings. The van der Waals surface area contributed by atoms with E-state index in [1.165, 1.54) is 0 Å². The van der Waals surface area contributed by atoms with Crippen molar-refractivity contribution in [1.29, 1.82) is 0 Å². The van der Waals surface area contributed by atoms with E-state index in [1.807, 2.05) is 45.0 Å². The average Bonchev–Trinajstić information content (AvgIpc) is 2.24. The molecule has 100 valence electrons. The molecule has 3 nitrogen and oxygen atoms in total. The topological polar surface area (TPSA) is 29.5 Å². The van der Waals surface area contributed by atoms with Crippen molar-refractivity contribution in [3.63, 3.8) is 0 Å². The smallest absolute Gasteiger partial charge is 0.248 e. The average molecular weight is 314 g/mol. The minimum Gasteiger partial charge on any atom is -0.366 e. The molecule has 0 N–H and O–H groups in total. The van der Waals surface area contributed by atoms with Gasteiger partial charge in [0.05, 0.1) is 5.60 Å². The number of benzene rings is 1. The van der Waals surface area contributed by atoms with E-state index < -0.39 is 0 Å². The predicted octanol–water partition coefficient (Wildman–Crippen LogP) is 3.22. The van der Waals surface area contributed by atoms with E-state index in [2.05, 4.69) is 15.9 Å². The monoisotopic (exact) mass is 313 g/mol. The molecule has 18 heavy (non-hydrogen) atoms. The predicted molar refractivity (Wildman–Crippen MR) is 76.3 cm³/mol. The minimum absolute atomic E-state index is 0.00935. The zero-order valence-corrected chi connectivity index (χ0v) is 13.0. The largest absolute Gasteiger partial charge is 0.366 e. The van der Waals surface area contributed by atoms with Gasteiger partial charge in [-0.25, -0.2) is 0 Å². The maximum absolute atomic E-state index is 11.9. The zero-order chi connectivity index (χ0) is 13.8. The molecule has 0 aliphatic carbocycles. The first kappa shape index (κ1) is 15.2. The highest BCUT2D eigenvalue weighted by atomic mass is 79.9. The highest BCUT2D eigenvalue weighted by molar-refractivity contribution is 9.10. The van der Waals surface area contributed by atoms with Gasteiger partial charge in [0.1, 0.15) is 6.61 Å². The van der Waals surface area contributed by atoms with Gasteiger partial charge in [0, 0.05) is 18.1 Å². The molecule has 1 amide bonds. The summed E-state index contributed by atoms with van der Waals surface area (Å²) in [6.07, 6.45) is 0. The van der Waals surface area contributed by atoms with Crippen LogP contribution in [-0.2, 0) is 16.1 Å². The van der Waals surface area contributed by atoms with Gasteiger partial charge in [-0.15, -0.1) is 0 Å². The van der Waals surface area contributed by atoms with Crippen molar-refractivity contribution >= 4 is 21.8 Å². The Morgan fingerprint density at radius 2 is 2.06 bits per heavy atom. The van der Waals surface area contributed by atoms with Crippen molar-refractivity contribution in [2.45, 2.75) is 32.9 Å². The van der Waals surface area contributed by atoms with Crippen LogP contribution < -0.4 is 0 Å². The van der Waals surface area contributed by atoms with Gasteiger partial charge in [0.15, 0.2) is 0 Å². The van der Waals surface area contributed by atoms with E-state index >= 15 is 0 Å². The molecule has 0 unspecified atom stereocenters. The van der Waals surface area contributed by atoms with Gasteiger partial charge in [-0.3, -0.25) is 4.79 Å². The first-order valence-electron chi connectivity index (χ1n) is 5.90.